The normalized spacial score (nSPS) is 21.3. The second kappa shape index (κ2) is 6.64. The summed E-state index contributed by atoms with van der Waals surface area (Å²) in [6.07, 6.45) is 1.97. The van der Waals surface area contributed by atoms with Crippen LogP contribution in [0.2, 0.25) is 0 Å². The molecule has 1 aliphatic rings. The van der Waals surface area contributed by atoms with Gasteiger partial charge in [-0.15, -0.1) is 11.8 Å². The maximum Gasteiger partial charge on any atom is 0.329 e. The third kappa shape index (κ3) is 5.43. The monoisotopic (exact) mass is 287 g/mol. The van der Waals surface area contributed by atoms with E-state index in [1.807, 2.05) is 34.6 Å². The Morgan fingerprint density at radius 1 is 1.32 bits per heavy atom. The first-order valence-corrected chi connectivity index (χ1v) is 7.90. The van der Waals surface area contributed by atoms with Crippen LogP contribution >= 0.6 is 11.8 Å². The summed E-state index contributed by atoms with van der Waals surface area (Å²) in [6, 6.07) is -0.562. The first-order chi connectivity index (χ1) is 8.70. The molecular formula is C14H25NO3S. The molecule has 0 aromatic heterocycles. The molecule has 0 spiro atoms. The highest BCUT2D eigenvalue weighted by atomic mass is 32.2. The SMILES string of the molecule is CC(C)[C@@H](NC(=O)C1CCCS1)C(=O)OC(C)(C)C. The fraction of sp³-hybridized carbons (Fsp3) is 0.857. The molecule has 1 fully saturated rings. The molecule has 1 aliphatic heterocycles. The standard InChI is InChI=1S/C14H25NO3S/c1-9(2)11(13(17)18-14(3,4)5)15-12(16)10-7-6-8-19-10/h9-11H,6-8H2,1-5H3,(H,15,16)/t10?,11-/m1/s1. The number of ether oxygens (including phenoxy) is 1. The maximum absolute atomic E-state index is 12.1. The lowest BCUT2D eigenvalue weighted by Gasteiger charge is -2.27. The average Bonchev–Trinajstić information content (AvgIpc) is 2.75. The topological polar surface area (TPSA) is 55.4 Å². The smallest absolute Gasteiger partial charge is 0.329 e. The van der Waals surface area contributed by atoms with Gasteiger partial charge in [0.1, 0.15) is 11.6 Å². The average molecular weight is 287 g/mol. The molecule has 1 saturated heterocycles. The molecule has 1 N–H and O–H groups in total. The Balaban J connectivity index is 2.62. The van der Waals surface area contributed by atoms with E-state index in [9.17, 15) is 9.59 Å². The number of amides is 1. The van der Waals surface area contributed by atoms with Gasteiger partial charge in [0.2, 0.25) is 5.91 Å². The van der Waals surface area contributed by atoms with Gasteiger partial charge in [0, 0.05) is 0 Å². The highest BCUT2D eigenvalue weighted by Crippen LogP contribution is 2.26. The molecule has 1 rings (SSSR count). The Labute approximate surface area is 120 Å². The molecule has 4 nitrogen and oxygen atoms in total. The third-order valence-electron chi connectivity index (χ3n) is 2.85. The van der Waals surface area contributed by atoms with Crippen LogP contribution in [0.5, 0.6) is 0 Å². The number of hydrogen-bond donors (Lipinski definition) is 1. The summed E-state index contributed by atoms with van der Waals surface area (Å²) in [5.41, 5.74) is -0.531. The van der Waals surface area contributed by atoms with Crippen molar-refractivity contribution in [3.05, 3.63) is 0 Å². The van der Waals surface area contributed by atoms with E-state index in [2.05, 4.69) is 5.32 Å². The molecule has 2 atom stereocenters. The van der Waals surface area contributed by atoms with Crippen LogP contribution in [0.1, 0.15) is 47.5 Å². The van der Waals surface area contributed by atoms with Crippen LogP contribution in [0.4, 0.5) is 0 Å². The summed E-state index contributed by atoms with van der Waals surface area (Å²) >= 11 is 1.66. The first kappa shape index (κ1) is 16.3. The number of thioether (sulfide) groups is 1. The van der Waals surface area contributed by atoms with Gasteiger partial charge in [-0.1, -0.05) is 13.8 Å². The van der Waals surface area contributed by atoms with E-state index in [1.165, 1.54) is 0 Å². The van der Waals surface area contributed by atoms with Gasteiger partial charge in [-0.2, -0.15) is 0 Å². The zero-order valence-corrected chi connectivity index (χ0v) is 13.3. The van der Waals surface area contributed by atoms with Gasteiger partial charge < -0.3 is 10.1 Å². The Morgan fingerprint density at radius 2 is 1.95 bits per heavy atom. The van der Waals surface area contributed by atoms with Gasteiger partial charge in [-0.05, 0) is 45.3 Å². The lowest BCUT2D eigenvalue weighted by atomic mass is 10.0. The van der Waals surface area contributed by atoms with Crippen molar-refractivity contribution in [2.45, 2.75) is 64.4 Å². The van der Waals surface area contributed by atoms with Crippen molar-refractivity contribution in [1.82, 2.24) is 5.32 Å². The fourth-order valence-electron chi connectivity index (χ4n) is 1.89. The molecule has 0 aromatic carbocycles. The van der Waals surface area contributed by atoms with Crippen LogP contribution in [-0.4, -0.2) is 34.5 Å². The van der Waals surface area contributed by atoms with E-state index in [-0.39, 0.29) is 23.0 Å². The van der Waals surface area contributed by atoms with Crippen LogP contribution in [0.3, 0.4) is 0 Å². The third-order valence-corrected chi connectivity index (χ3v) is 4.22. The lowest BCUT2D eigenvalue weighted by molar-refractivity contribution is -0.159. The molecule has 0 saturated carbocycles. The van der Waals surface area contributed by atoms with Crippen LogP contribution in [0.15, 0.2) is 0 Å². The molecule has 1 unspecified atom stereocenters. The molecule has 0 aliphatic carbocycles. The van der Waals surface area contributed by atoms with Crippen molar-refractivity contribution in [2.75, 3.05) is 5.75 Å². The van der Waals surface area contributed by atoms with E-state index >= 15 is 0 Å². The second-order valence-corrected chi connectivity index (χ2v) is 7.58. The Bertz CT molecular complexity index is 330. The lowest BCUT2D eigenvalue weighted by Crippen LogP contribution is -2.49. The molecule has 0 aromatic rings. The molecule has 1 heterocycles. The van der Waals surface area contributed by atoms with Crippen LogP contribution in [-0.2, 0) is 14.3 Å². The number of esters is 1. The maximum atomic E-state index is 12.1. The van der Waals surface area contributed by atoms with Gasteiger partial charge in [0.05, 0.1) is 5.25 Å². The van der Waals surface area contributed by atoms with Crippen molar-refractivity contribution in [3.8, 4) is 0 Å². The summed E-state index contributed by atoms with van der Waals surface area (Å²) in [7, 11) is 0. The predicted molar refractivity (Wildman–Crippen MR) is 78.1 cm³/mol. The quantitative estimate of drug-likeness (QED) is 0.807. The van der Waals surface area contributed by atoms with E-state index in [0.717, 1.165) is 18.6 Å². The van der Waals surface area contributed by atoms with Crippen molar-refractivity contribution >= 4 is 23.6 Å². The Hall–Kier alpha value is -0.710. The van der Waals surface area contributed by atoms with Gasteiger partial charge in [-0.3, -0.25) is 4.79 Å². The van der Waals surface area contributed by atoms with Gasteiger partial charge in [0.15, 0.2) is 0 Å². The summed E-state index contributed by atoms with van der Waals surface area (Å²) in [4.78, 5) is 24.2. The number of hydrogen-bond acceptors (Lipinski definition) is 4. The summed E-state index contributed by atoms with van der Waals surface area (Å²) < 4.78 is 5.36. The van der Waals surface area contributed by atoms with Crippen molar-refractivity contribution in [2.24, 2.45) is 5.92 Å². The predicted octanol–water partition coefficient (Wildman–Crippen LogP) is 2.36. The second-order valence-electron chi connectivity index (χ2n) is 6.27. The Morgan fingerprint density at radius 3 is 2.37 bits per heavy atom. The van der Waals surface area contributed by atoms with E-state index in [4.69, 9.17) is 4.74 Å². The van der Waals surface area contributed by atoms with Crippen LogP contribution in [0, 0.1) is 5.92 Å². The minimum Gasteiger partial charge on any atom is -0.458 e. The number of nitrogens with one attached hydrogen (secondary N) is 1. The minimum absolute atomic E-state index is 0.0105. The fourth-order valence-corrected chi connectivity index (χ4v) is 3.06. The highest BCUT2D eigenvalue weighted by molar-refractivity contribution is 8.00. The minimum atomic E-state index is -0.562. The molecule has 110 valence electrons. The summed E-state index contributed by atoms with van der Waals surface area (Å²) in [5.74, 6) is 0.660. The van der Waals surface area contributed by atoms with Gasteiger partial charge in [-0.25, -0.2) is 4.79 Å². The number of carbonyl (C=O) groups is 2. The molecule has 19 heavy (non-hydrogen) atoms. The van der Waals surface area contributed by atoms with Crippen LogP contribution in [0.25, 0.3) is 0 Å². The summed E-state index contributed by atoms with van der Waals surface area (Å²) in [5, 5.41) is 2.84. The summed E-state index contributed by atoms with van der Waals surface area (Å²) in [6.45, 7) is 9.32. The van der Waals surface area contributed by atoms with Crippen molar-refractivity contribution in [3.63, 3.8) is 0 Å². The zero-order valence-electron chi connectivity index (χ0n) is 12.5. The van der Waals surface area contributed by atoms with E-state index in [0.29, 0.717) is 0 Å². The largest absolute Gasteiger partial charge is 0.458 e. The van der Waals surface area contributed by atoms with Crippen molar-refractivity contribution in [1.29, 1.82) is 0 Å². The highest BCUT2D eigenvalue weighted by Gasteiger charge is 2.32. The Kier molecular flexibility index (Phi) is 5.71. The van der Waals surface area contributed by atoms with Gasteiger partial charge in [0.25, 0.3) is 0 Å². The molecule has 5 heteroatoms. The van der Waals surface area contributed by atoms with E-state index < -0.39 is 11.6 Å². The molecule has 0 bridgehead atoms. The van der Waals surface area contributed by atoms with E-state index in [1.54, 1.807) is 11.8 Å². The molecule has 1 amide bonds. The molecule has 0 radical (unpaired) electrons. The number of carbonyl (C=O) groups excluding carboxylic acids is 2. The van der Waals surface area contributed by atoms with Crippen LogP contribution < -0.4 is 5.32 Å². The first-order valence-electron chi connectivity index (χ1n) is 6.85. The number of rotatable bonds is 4. The zero-order chi connectivity index (χ0) is 14.6. The van der Waals surface area contributed by atoms with Gasteiger partial charge >= 0.3 is 5.97 Å². The van der Waals surface area contributed by atoms with Crippen molar-refractivity contribution < 1.29 is 14.3 Å². The molecular weight excluding hydrogens is 262 g/mol.